The van der Waals surface area contributed by atoms with Crippen molar-refractivity contribution in [3.63, 3.8) is 0 Å². The van der Waals surface area contributed by atoms with E-state index in [0.717, 1.165) is 23.5 Å². The molecule has 0 aromatic heterocycles. The second-order valence-electron chi connectivity index (χ2n) is 4.82. The van der Waals surface area contributed by atoms with Crippen LogP contribution in [0.3, 0.4) is 0 Å². The molecule has 0 aliphatic carbocycles. The number of hydrogen-bond donors (Lipinski definition) is 2. The van der Waals surface area contributed by atoms with E-state index < -0.39 is 0 Å². The zero-order chi connectivity index (χ0) is 12.1. The standard InChI is InChI=1S/C14H21BrN2/c1-16-10-14(12-3-2-8-17-9-12)11-4-6-13(15)7-5-11/h4-7,12,14,16-17H,2-3,8-10H2,1H3. The van der Waals surface area contributed by atoms with E-state index in [0.29, 0.717) is 5.92 Å². The molecule has 1 heterocycles. The normalized spacial score (nSPS) is 22.4. The van der Waals surface area contributed by atoms with Crippen LogP contribution in [0.4, 0.5) is 0 Å². The summed E-state index contributed by atoms with van der Waals surface area (Å²) in [5, 5.41) is 6.86. The fourth-order valence-corrected chi connectivity index (χ4v) is 2.97. The lowest BCUT2D eigenvalue weighted by molar-refractivity contribution is 0.317. The monoisotopic (exact) mass is 296 g/mol. The fraction of sp³-hybridized carbons (Fsp3) is 0.571. The maximum atomic E-state index is 3.52. The molecule has 2 N–H and O–H groups in total. The predicted octanol–water partition coefficient (Wildman–Crippen LogP) is 2.75. The Hall–Kier alpha value is -0.380. The van der Waals surface area contributed by atoms with Crippen molar-refractivity contribution in [3.8, 4) is 0 Å². The molecule has 0 spiro atoms. The van der Waals surface area contributed by atoms with Crippen LogP contribution in [0.1, 0.15) is 24.3 Å². The number of likely N-dealkylation sites (N-methyl/N-ethyl adjacent to an activating group) is 1. The van der Waals surface area contributed by atoms with Crippen LogP contribution in [0.15, 0.2) is 28.7 Å². The second-order valence-corrected chi connectivity index (χ2v) is 5.74. The van der Waals surface area contributed by atoms with Crippen LogP contribution in [0.25, 0.3) is 0 Å². The molecule has 2 rings (SSSR count). The molecule has 2 nitrogen and oxygen atoms in total. The van der Waals surface area contributed by atoms with E-state index in [1.165, 1.54) is 24.9 Å². The highest BCUT2D eigenvalue weighted by molar-refractivity contribution is 9.10. The number of rotatable bonds is 4. The number of halogens is 1. The van der Waals surface area contributed by atoms with Gasteiger partial charge < -0.3 is 10.6 Å². The van der Waals surface area contributed by atoms with Gasteiger partial charge >= 0.3 is 0 Å². The molecule has 3 heteroatoms. The number of benzene rings is 1. The van der Waals surface area contributed by atoms with Crippen LogP contribution in [0.5, 0.6) is 0 Å². The Bertz CT molecular complexity index is 331. The molecule has 1 fully saturated rings. The van der Waals surface area contributed by atoms with E-state index >= 15 is 0 Å². The van der Waals surface area contributed by atoms with Crippen molar-refractivity contribution >= 4 is 15.9 Å². The summed E-state index contributed by atoms with van der Waals surface area (Å²) in [5.74, 6) is 1.39. The lowest BCUT2D eigenvalue weighted by Gasteiger charge is -2.31. The highest BCUT2D eigenvalue weighted by Gasteiger charge is 2.24. The minimum Gasteiger partial charge on any atom is -0.319 e. The van der Waals surface area contributed by atoms with E-state index in [9.17, 15) is 0 Å². The third-order valence-electron chi connectivity index (χ3n) is 3.63. The minimum atomic E-state index is 0.626. The molecule has 0 radical (unpaired) electrons. The summed E-state index contributed by atoms with van der Waals surface area (Å²) in [6, 6.07) is 8.80. The first-order valence-corrected chi connectivity index (χ1v) is 7.21. The van der Waals surface area contributed by atoms with Gasteiger partial charge in [0.1, 0.15) is 0 Å². The first-order valence-electron chi connectivity index (χ1n) is 6.42. The van der Waals surface area contributed by atoms with Gasteiger partial charge in [-0.3, -0.25) is 0 Å². The summed E-state index contributed by atoms with van der Waals surface area (Å²) in [4.78, 5) is 0. The lowest BCUT2D eigenvalue weighted by atomic mass is 9.81. The summed E-state index contributed by atoms with van der Waals surface area (Å²) >= 11 is 3.50. The summed E-state index contributed by atoms with van der Waals surface area (Å²) in [7, 11) is 2.04. The average Bonchev–Trinajstić information content (AvgIpc) is 2.38. The predicted molar refractivity (Wildman–Crippen MR) is 76.4 cm³/mol. The Labute approximate surface area is 112 Å². The van der Waals surface area contributed by atoms with Gasteiger partial charge in [0.2, 0.25) is 0 Å². The molecule has 2 atom stereocenters. The van der Waals surface area contributed by atoms with Gasteiger partial charge in [-0.15, -0.1) is 0 Å². The molecule has 1 aliphatic rings. The van der Waals surface area contributed by atoms with E-state index in [1.807, 2.05) is 7.05 Å². The Kier molecular flexibility index (Phi) is 5.01. The highest BCUT2D eigenvalue weighted by atomic mass is 79.9. The highest BCUT2D eigenvalue weighted by Crippen LogP contribution is 2.29. The Morgan fingerprint density at radius 2 is 2.18 bits per heavy atom. The fourth-order valence-electron chi connectivity index (χ4n) is 2.71. The minimum absolute atomic E-state index is 0.626. The van der Waals surface area contributed by atoms with Crippen molar-refractivity contribution in [1.82, 2.24) is 10.6 Å². The third-order valence-corrected chi connectivity index (χ3v) is 4.15. The maximum Gasteiger partial charge on any atom is 0.0175 e. The van der Waals surface area contributed by atoms with Crippen LogP contribution in [-0.2, 0) is 0 Å². The van der Waals surface area contributed by atoms with Gasteiger partial charge in [0.15, 0.2) is 0 Å². The quantitative estimate of drug-likeness (QED) is 0.893. The van der Waals surface area contributed by atoms with Crippen LogP contribution in [-0.4, -0.2) is 26.7 Å². The molecule has 1 saturated heterocycles. The molecule has 94 valence electrons. The van der Waals surface area contributed by atoms with Crippen molar-refractivity contribution in [3.05, 3.63) is 34.3 Å². The van der Waals surface area contributed by atoms with Crippen molar-refractivity contribution < 1.29 is 0 Å². The van der Waals surface area contributed by atoms with Crippen molar-refractivity contribution in [2.24, 2.45) is 5.92 Å². The first kappa shape index (κ1) is 13.1. The molecular formula is C14H21BrN2. The summed E-state index contributed by atoms with van der Waals surface area (Å²) in [5.41, 5.74) is 1.45. The Morgan fingerprint density at radius 1 is 1.41 bits per heavy atom. The van der Waals surface area contributed by atoms with Crippen molar-refractivity contribution in [2.45, 2.75) is 18.8 Å². The van der Waals surface area contributed by atoms with E-state index in [1.54, 1.807) is 0 Å². The molecule has 0 saturated carbocycles. The van der Waals surface area contributed by atoms with Crippen LogP contribution < -0.4 is 10.6 Å². The van der Waals surface area contributed by atoms with Gasteiger partial charge in [-0.05, 0) is 56.6 Å². The van der Waals surface area contributed by atoms with Gasteiger partial charge in [0.25, 0.3) is 0 Å². The Balaban J connectivity index is 2.12. The van der Waals surface area contributed by atoms with Crippen LogP contribution in [0.2, 0.25) is 0 Å². The van der Waals surface area contributed by atoms with Crippen molar-refractivity contribution in [2.75, 3.05) is 26.7 Å². The molecule has 1 aromatic carbocycles. The number of hydrogen-bond acceptors (Lipinski definition) is 2. The summed E-state index contributed by atoms with van der Waals surface area (Å²) in [6.45, 7) is 3.40. The summed E-state index contributed by atoms with van der Waals surface area (Å²) in [6.07, 6.45) is 2.65. The number of piperidine rings is 1. The van der Waals surface area contributed by atoms with Gasteiger partial charge in [-0.25, -0.2) is 0 Å². The molecule has 2 unspecified atom stereocenters. The average molecular weight is 297 g/mol. The largest absolute Gasteiger partial charge is 0.319 e. The SMILES string of the molecule is CNCC(c1ccc(Br)cc1)C1CCCNC1. The van der Waals surface area contributed by atoms with Crippen LogP contribution >= 0.6 is 15.9 Å². The van der Waals surface area contributed by atoms with E-state index in [2.05, 4.69) is 50.8 Å². The van der Waals surface area contributed by atoms with Gasteiger partial charge in [-0.2, -0.15) is 0 Å². The maximum absolute atomic E-state index is 3.52. The summed E-state index contributed by atoms with van der Waals surface area (Å²) < 4.78 is 1.16. The van der Waals surface area contributed by atoms with E-state index in [-0.39, 0.29) is 0 Å². The van der Waals surface area contributed by atoms with E-state index in [4.69, 9.17) is 0 Å². The van der Waals surface area contributed by atoms with Gasteiger partial charge in [0.05, 0.1) is 0 Å². The Morgan fingerprint density at radius 3 is 2.76 bits per heavy atom. The molecule has 0 bridgehead atoms. The molecule has 0 amide bonds. The molecule has 1 aromatic rings. The zero-order valence-electron chi connectivity index (χ0n) is 10.4. The number of nitrogens with one attached hydrogen (secondary N) is 2. The smallest absolute Gasteiger partial charge is 0.0175 e. The first-order chi connectivity index (χ1) is 8.31. The lowest BCUT2D eigenvalue weighted by Crippen LogP contribution is -2.36. The molecule has 1 aliphatic heterocycles. The molecule has 17 heavy (non-hydrogen) atoms. The van der Waals surface area contributed by atoms with Gasteiger partial charge in [0, 0.05) is 16.9 Å². The van der Waals surface area contributed by atoms with Crippen LogP contribution in [0, 0.1) is 5.92 Å². The second kappa shape index (κ2) is 6.53. The molecular weight excluding hydrogens is 276 g/mol. The topological polar surface area (TPSA) is 24.1 Å². The van der Waals surface area contributed by atoms with Gasteiger partial charge in [-0.1, -0.05) is 28.1 Å². The third kappa shape index (κ3) is 3.54. The van der Waals surface area contributed by atoms with Crippen molar-refractivity contribution in [1.29, 1.82) is 0 Å². The zero-order valence-corrected chi connectivity index (χ0v) is 12.0.